The van der Waals surface area contributed by atoms with Crippen LogP contribution < -0.4 is 5.32 Å². The Morgan fingerprint density at radius 1 is 1.12 bits per heavy atom. The van der Waals surface area contributed by atoms with Crippen molar-refractivity contribution in [3.8, 4) is 11.5 Å². The summed E-state index contributed by atoms with van der Waals surface area (Å²) in [5, 5.41) is 3.15. The first kappa shape index (κ1) is 15.8. The number of hydrogen-bond donors (Lipinski definition) is 1. The number of amides is 1. The van der Waals surface area contributed by atoms with Gasteiger partial charge in [0.15, 0.2) is 5.58 Å². The van der Waals surface area contributed by atoms with E-state index in [-0.39, 0.29) is 11.9 Å². The summed E-state index contributed by atoms with van der Waals surface area (Å²) < 4.78 is 5.85. The predicted molar refractivity (Wildman–Crippen MR) is 97.4 cm³/mol. The summed E-state index contributed by atoms with van der Waals surface area (Å²) in [5.74, 6) is 0.461. The SMILES string of the molecule is CN1CCC(NC(=O)c2cccc3oc(-c4ccccc4)nc23)CC1. The Labute approximate surface area is 146 Å². The largest absolute Gasteiger partial charge is 0.436 e. The molecule has 0 atom stereocenters. The van der Waals surface area contributed by atoms with Crippen LogP contribution in [0.15, 0.2) is 52.9 Å². The van der Waals surface area contributed by atoms with Crippen molar-refractivity contribution < 1.29 is 9.21 Å². The average Bonchev–Trinajstić information content (AvgIpc) is 3.08. The van der Waals surface area contributed by atoms with Crippen molar-refractivity contribution in [2.24, 2.45) is 0 Å². The highest BCUT2D eigenvalue weighted by Gasteiger charge is 2.21. The molecule has 5 heteroatoms. The maximum absolute atomic E-state index is 12.7. The Balaban J connectivity index is 1.61. The molecule has 25 heavy (non-hydrogen) atoms. The summed E-state index contributed by atoms with van der Waals surface area (Å²) in [7, 11) is 2.11. The molecule has 0 unspecified atom stereocenters. The van der Waals surface area contributed by atoms with Gasteiger partial charge in [-0.05, 0) is 57.2 Å². The van der Waals surface area contributed by atoms with E-state index in [0.29, 0.717) is 22.6 Å². The van der Waals surface area contributed by atoms with Crippen LogP contribution in [0.2, 0.25) is 0 Å². The highest BCUT2D eigenvalue weighted by atomic mass is 16.3. The maximum Gasteiger partial charge on any atom is 0.253 e. The molecular weight excluding hydrogens is 314 g/mol. The molecule has 5 nitrogen and oxygen atoms in total. The number of rotatable bonds is 3. The molecule has 0 aliphatic carbocycles. The number of oxazole rings is 1. The second-order valence-electron chi connectivity index (χ2n) is 6.59. The first-order chi connectivity index (χ1) is 12.2. The molecule has 0 spiro atoms. The van der Waals surface area contributed by atoms with Gasteiger partial charge in [-0.25, -0.2) is 4.98 Å². The van der Waals surface area contributed by atoms with Crippen LogP contribution >= 0.6 is 0 Å². The van der Waals surface area contributed by atoms with Gasteiger partial charge < -0.3 is 14.6 Å². The number of fused-ring (bicyclic) bond motifs is 1. The van der Waals surface area contributed by atoms with Crippen LogP contribution in [-0.4, -0.2) is 42.0 Å². The Bertz CT molecular complexity index is 880. The van der Waals surface area contributed by atoms with Crippen LogP contribution in [0, 0.1) is 0 Å². The van der Waals surface area contributed by atoms with Crippen LogP contribution in [0.1, 0.15) is 23.2 Å². The van der Waals surface area contributed by atoms with Gasteiger partial charge in [0.05, 0.1) is 5.56 Å². The summed E-state index contributed by atoms with van der Waals surface area (Å²) in [4.78, 5) is 19.6. The average molecular weight is 335 g/mol. The Morgan fingerprint density at radius 3 is 2.64 bits per heavy atom. The van der Waals surface area contributed by atoms with E-state index in [9.17, 15) is 4.79 Å². The molecule has 0 saturated carbocycles. The zero-order valence-electron chi connectivity index (χ0n) is 14.2. The number of aromatic nitrogens is 1. The van der Waals surface area contributed by atoms with E-state index in [1.807, 2.05) is 48.5 Å². The number of nitrogens with zero attached hydrogens (tertiary/aromatic N) is 2. The van der Waals surface area contributed by atoms with E-state index in [1.165, 1.54) is 0 Å². The lowest BCUT2D eigenvalue weighted by Crippen LogP contribution is -2.43. The number of likely N-dealkylation sites (tertiary alicyclic amines) is 1. The topological polar surface area (TPSA) is 58.4 Å². The van der Waals surface area contributed by atoms with E-state index in [1.54, 1.807) is 0 Å². The van der Waals surface area contributed by atoms with Gasteiger partial charge in [0, 0.05) is 11.6 Å². The number of para-hydroxylation sites is 1. The minimum Gasteiger partial charge on any atom is -0.436 e. The highest BCUT2D eigenvalue weighted by Crippen LogP contribution is 2.26. The number of benzene rings is 2. The fourth-order valence-corrected chi connectivity index (χ4v) is 3.25. The van der Waals surface area contributed by atoms with Crippen LogP contribution in [0.4, 0.5) is 0 Å². The van der Waals surface area contributed by atoms with Crippen LogP contribution in [-0.2, 0) is 0 Å². The van der Waals surface area contributed by atoms with Gasteiger partial charge in [0.25, 0.3) is 5.91 Å². The van der Waals surface area contributed by atoms with Gasteiger partial charge in [0.2, 0.25) is 5.89 Å². The number of piperidine rings is 1. The molecule has 0 bridgehead atoms. The van der Waals surface area contributed by atoms with Gasteiger partial charge in [-0.2, -0.15) is 0 Å². The Morgan fingerprint density at radius 2 is 1.88 bits per heavy atom. The molecule has 1 N–H and O–H groups in total. The van der Waals surface area contributed by atoms with E-state index < -0.39 is 0 Å². The molecular formula is C20H21N3O2. The lowest BCUT2D eigenvalue weighted by molar-refractivity contribution is 0.0918. The second-order valence-corrected chi connectivity index (χ2v) is 6.59. The van der Waals surface area contributed by atoms with E-state index in [4.69, 9.17) is 4.42 Å². The van der Waals surface area contributed by atoms with Crippen molar-refractivity contribution in [3.63, 3.8) is 0 Å². The van der Waals surface area contributed by atoms with E-state index in [2.05, 4.69) is 22.2 Å². The molecule has 1 aliphatic heterocycles. The van der Waals surface area contributed by atoms with E-state index >= 15 is 0 Å². The minimum absolute atomic E-state index is 0.0759. The Kier molecular flexibility index (Phi) is 4.24. The van der Waals surface area contributed by atoms with Crippen molar-refractivity contribution in [1.29, 1.82) is 0 Å². The standard InChI is InChI=1S/C20H21N3O2/c1-23-12-10-15(11-13-23)21-19(24)16-8-5-9-17-18(16)22-20(25-17)14-6-3-2-4-7-14/h2-9,15H,10-13H2,1H3,(H,21,24). The van der Waals surface area contributed by atoms with Gasteiger partial charge in [0.1, 0.15) is 5.52 Å². The van der Waals surface area contributed by atoms with Crippen molar-refractivity contribution >= 4 is 17.0 Å². The second kappa shape index (κ2) is 6.69. The smallest absolute Gasteiger partial charge is 0.253 e. The zero-order valence-corrected chi connectivity index (χ0v) is 14.2. The molecule has 1 saturated heterocycles. The van der Waals surface area contributed by atoms with Gasteiger partial charge >= 0.3 is 0 Å². The molecule has 4 rings (SSSR count). The van der Waals surface area contributed by atoms with Gasteiger partial charge in [-0.15, -0.1) is 0 Å². The first-order valence-electron chi connectivity index (χ1n) is 8.65. The third-order valence-corrected chi connectivity index (χ3v) is 4.74. The fraction of sp³-hybridized carbons (Fsp3) is 0.300. The van der Waals surface area contributed by atoms with Crippen LogP contribution in [0.3, 0.4) is 0 Å². The minimum atomic E-state index is -0.0759. The quantitative estimate of drug-likeness (QED) is 0.798. The maximum atomic E-state index is 12.7. The zero-order chi connectivity index (χ0) is 17.2. The third kappa shape index (κ3) is 3.28. The van der Waals surface area contributed by atoms with Crippen molar-refractivity contribution in [1.82, 2.24) is 15.2 Å². The number of nitrogens with one attached hydrogen (secondary N) is 1. The molecule has 1 aromatic heterocycles. The lowest BCUT2D eigenvalue weighted by Gasteiger charge is -2.29. The van der Waals surface area contributed by atoms with Crippen molar-refractivity contribution in [3.05, 3.63) is 54.1 Å². The van der Waals surface area contributed by atoms with Crippen LogP contribution in [0.25, 0.3) is 22.6 Å². The van der Waals surface area contributed by atoms with Crippen molar-refractivity contribution in [2.75, 3.05) is 20.1 Å². The molecule has 1 aliphatic rings. The molecule has 3 aromatic rings. The van der Waals surface area contributed by atoms with E-state index in [0.717, 1.165) is 31.5 Å². The first-order valence-corrected chi connectivity index (χ1v) is 8.65. The molecule has 2 aromatic carbocycles. The molecule has 1 fully saturated rings. The summed E-state index contributed by atoms with van der Waals surface area (Å²) in [6.07, 6.45) is 1.96. The van der Waals surface area contributed by atoms with Crippen molar-refractivity contribution in [2.45, 2.75) is 18.9 Å². The van der Waals surface area contributed by atoms with Gasteiger partial charge in [-0.1, -0.05) is 24.3 Å². The molecule has 1 amide bonds. The predicted octanol–water partition coefficient (Wildman–Crippen LogP) is 3.32. The number of hydrogen-bond acceptors (Lipinski definition) is 4. The number of carbonyl (C=O) groups is 1. The monoisotopic (exact) mass is 335 g/mol. The number of carbonyl (C=O) groups excluding carboxylic acids is 1. The molecule has 2 heterocycles. The third-order valence-electron chi connectivity index (χ3n) is 4.74. The highest BCUT2D eigenvalue weighted by molar-refractivity contribution is 6.05. The molecule has 0 radical (unpaired) electrons. The lowest BCUT2D eigenvalue weighted by atomic mass is 10.0. The Hall–Kier alpha value is -2.66. The summed E-state index contributed by atoms with van der Waals surface area (Å²) >= 11 is 0. The summed E-state index contributed by atoms with van der Waals surface area (Å²) in [6, 6.07) is 15.4. The normalized spacial score (nSPS) is 16.2. The fourth-order valence-electron chi connectivity index (χ4n) is 3.25. The summed E-state index contributed by atoms with van der Waals surface area (Å²) in [6.45, 7) is 2.02. The molecule has 128 valence electrons. The van der Waals surface area contributed by atoms with Crippen LogP contribution in [0.5, 0.6) is 0 Å². The summed E-state index contributed by atoms with van der Waals surface area (Å²) in [5.41, 5.74) is 2.73. The van der Waals surface area contributed by atoms with Gasteiger partial charge in [-0.3, -0.25) is 4.79 Å².